The van der Waals surface area contributed by atoms with Gasteiger partial charge in [-0.15, -0.1) is 0 Å². The van der Waals surface area contributed by atoms with E-state index in [0.29, 0.717) is 11.3 Å². The molecule has 2 rings (SSSR count). The van der Waals surface area contributed by atoms with E-state index < -0.39 is 11.7 Å². The van der Waals surface area contributed by atoms with Crippen molar-refractivity contribution in [2.45, 2.75) is 6.61 Å². The van der Waals surface area contributed by atoms with Gasteiger partial charge in [-0.1, -0.05) is 0 Å². The number of nitrogen functional groups attached to an aromatic ring is 1. The van der Waals surface area contributed by atoms with Crippen molar-refractivity contribution in [2.24, 2.45) is 5.73 Å². The number of primary amides is 1. The van der Waals surface area contributed by atoms with Gasteiger partial charge in [-0.2, -0.15) is 5.26 Å². The van der Waals surface area contributed by atoms with Crippen molar-refractivity contribution in [1.82, 2.24) is 0 Å². The van der Waals surface area contributed by atoms with Crippen LogP contribution in [0.25, 0.3) is 0 Å². The number of ether oxygens (including phenoxy) is 1. The molecule has 5 nitrogen and oxygen atoms in total. The van der Waals surface area contributed by atoms with Crippen LogP contribution in [0.4, 0.5) is 10.1 Å². The van der Waals surface area contributed by atoms with Gasteiger partial charge in [-0.25, -0.2) is 4.39 Å². The van der Waals surface area contributed by atoms with E-state index in [1.807, 2.05) is 6.07 Å². The fourth-order valence-electron chi connectivity index (χ4n) is 1.82. The first kappa shape index (κ1) is 14.3. The molecule has 6 heteroatoms. The highest BCUT2D eigenvalue weighted by Crippen LogP contribution is 2.23. The number of halogens is 1. The maximum Gasteiger partial charge on any atom is 0.252 e. The van der Waals surface area contributed by atoms with Crippen LogP contribution in [-0.2, 0) is 6.61 Å². The Morgan fingerprint density at radius 1 is 1.29 bits per heavy atom. The summed E-state index contributed by atoms with van der Waals surface area (Å²) in [5.41, 5.74) is 12.1. The standard InChI is InChI=1S/C15H12FN3O2/c16-11-4-9(7-17)3-10(5-11)8-21-14-6-12(18)1-2-13(14)15(19)20/h1-6H,8,18H2,(H2,19,20). The molecule has 0 bridgehead atoms. The Labute approximate surface area is 120 Å². The average Bonchev–Trinajstić information content (AvgIpc) is 2.44. The number of benzene rings is 2. The van der Waals surface area contributed by atoms with E-state index in [1.54, 1.807) is 0 Å². The number of nitrogens with two attached hydrogens (primary N) is 2. The molecule has 0 radical (unpaired) electrons. The Bertz CT molecular complexity index is 738. The minimum Gasteiger partial charge on any atom is -0.488 e. The van der Waals surface area contributed by atoms with Crippen LogP contribution in [0, 0.1) is 17.1 Å². The molecule has 106 valence electrons. The first-order chi connectivity index (χ1) is 9.99. The molecular formula is C15H12FN3O2. The number of anilines is 1. The fraction of sp³-hybridized carbons (Fsp3) is 0.0667. The van der Waals surface area contributed by atoms with Crippen molar-refractivity contribution in [2.75, 3.05) is 5.73 Å². The maximum absolute atomic E-state index is 13.3. The second kappa shape index (κ2) is 5.92. The van der Waals surface area contributed by atoms with Gasteiger partial charge in [0.2, 0.25) is 0 Å². The molecule has 2 aromatic rings. The van der Waals surface area contributed by atoms with Crippen LogP contribution in [0.3, 0.4) is 0 Å². The zero-order valence-corrected chi connectivity index (χ0v) is 11.0. The lowest BCUT2D eigenvalue weighted by atomic mass is 10.1. The van der Waals surface area contributed by atoms with Crippen molar-refractivity contribution in [3.05, 3.63) is 58.9 Å². The molecule has 4 N–H and O–H groups in total. The Morgan fingerprint density at radius 3 is 2.71 bits per heavy atom. The second-order valence-corrected chi connectivity index (χ2v) is 4.37. The van der Waals surface area contributed by atoms with Crippen LogP contribution < -0.4 is 16.2 Å². The minimum atomic E-state index is -0.651. The highest BCUT2D eigenvalue weighted by Gasteiger charge is 2.10. The molecule has 0 aliphatic heterocycles. The summed E-state index contributed by atoms with van der Waals surface area (Å²) in [7, 11) is 0. The first-order valence-electron chi connectivity index (χ1n) is 6.01. The van der Waals surface area contributed by atoms with Crippen LogP contribution in [0.1, 0.15) is 21.5 Å². The van der Waals surface area contributed by atoms with Crippen molar-refractivity contribution < 1.29 is 13.9 Å². The quantitative estimate of drug-likeness (QED) is 0.838. The SMILES string of the molecule is N#Cc1cc(F)cc(COc2cc(N)ccc2C(N)=O)c1. The van der Waals surface area contributed by atoms with Crippen molar-refractivity contribution in [3.63, 3.8) is 0 Å². The summed E-state index contributed by atoms with van der Waals surface area (Å²) < 4.78 is 18.8. The molecule has 21 heavy (non-hydrogen) atoms. The molecule has 0 aliphatic rings. The molecule has 0 spiro atoms. The van der Waals surface area contributed by atoms with Gasteiger partial charge >= 0.3 is 0 Å². The lowest BCUT2D eigenvalue weighted by Gasteiger charge is -2.10. The van der Waals surface area contributed by atoms with Crippen LogP contribution in [-0.4, -0.2) is 5.91 Å². The van der Waals surface area contributed by atoms with Gasteiger partial charge < -0.3 is 16.2 Å². The van der Waals surface area contributed by atoms with Gasteiger partial charge in [0, 0.05) is 11.8 Å². The van der Waals surface area contributed by atoms with Gasteiger partial charge in [0.25, 0.3) is 5.91 Å². The minimum absolute atomic E-state index is 0.0177. The summed E-state index contributed by atoms with van der Waals surface area (Å²) in [6, 6.07) is 10.2. The normalized spacial score (nSPS) is 9.90. The van der Waals surface area contributed by atoms with E-state index in [-0.39, 0.29) is 23.5 Å². The Balaban J connectivity index is 2.24. The smallest absolute Gasteiger partial charge is 0.252 e. The number of carbonyl (C=O) groups is 1. The number of rotatable bonds is 4. The van der Waals surface area contributed by atoms with E-state index in [9.17, 15) is 9.18 Å². The van der Waals surface area contributed by atoms with Gasteiger partial charge in [0.15, 0.2) is 0 Å². The molecule has 1 amide bonds. The monoisotopic (exact) mass is 285 g/mol. The number of hydrogen-bond donors (Lipinski definition) is 2. The summed E-state index contributed by atoms with van der Waals surface area (Å²) in [5.74, 6) is -0.970. The predicted molar refractivity (Wildman–Crippen MR) is 74.8 cm³/mol. The molecule has 0 unspecified atom stereocenters. The highest BCUT2D eigenvalue weighted by atomic mass is 19.1. The molecule has 0 fully saturated rings. The third-order valence-electron chi connectivity index (χ3n) is 2.75. The molecule has 0 saturated heterocycles. The van der Waals surface area contributed by atoms with Crippen molar-refractivity contribution in [1.29, 1.82) is 5.26 Å². The van der Waals surface area contributed by atoms with Crippen LogP contribution in [0.5, 0.6) is 5.75 Å². The van der Waals surface area contributed by atoms with Gasteiger partial charge in [0.05, 0.1) is 17.2 Å². The third-order valence-corrected chi connectivity index (χ3v) is 2.75. The molecule has 0 atom stereocenters. The molecule has 0 aromatic heterocycles. The summed E-state index contributed by atoms with van der Waals surface area (Å²) in [4.78, 5) is 11.3. The Morgan fingerprint density at radius 2 is 2.05 bits per heavy atom. The van der Waals surface area contributed by atoms with E-state index in [2.05, 4.69) is 0 Å². The van der Waals surface area contributed by atoms with Crippen LogP contribution in [0.15, 0.2) is 36.4 Å². The predicted octanol–water partition coefficient (Wildman–Crippen LogP) is 1.96. The van der Waals surface area contributed by atoms with E-state index >= 15 is 0 Å². The van der Waals surface area contributed by atoms with Gasteiger partial charge in [-0.3, -0.25) is 4.79 Å². The largest absolute Gasteiger partial charge is 0.488 e. The second-order valence-electron chi connectivity index (χ2n) is 4.37. The van der Waals surface area contributed by atoms with Crippen molar-refractivity contribution >= 4 is 11.6 Å². The maximum atomic E-state index is 13.3. The molecule has 0 aliphatic carbocycles. The first-order valence-corrected chi connectivity index (χ1v) is 6.01. The fourth-order valence-corrected chi connectivity index (χ4v) is 1.82. The lowest BCUT2D eigenvalue weighted by Crippen LogP contribution is -2.13. The highest BCUT2D eigenvalue weighted by molar-refractivity contribution is 5.96. The summed E-state index contributed by atoms with van der Waals surface area (Å²) in [5, 5.41) is 8.79. The molecule has 0 saturated carbocycles. The zero-order chi connectivity index (χ0) is 15.4. The van der Waals surface area contributed by atoms with E-state index in [0.717, 1.165) is 6.07 Å². The molecule has 2 aromatic carbocycles. The van der Waals surface area contributed by atoms with Crippen molar-refractivity contribution in [3.8, 4) is 11.8 Å². The molecule has 0 heterocycles. The molecular weight excluding hydrogens is 273 g/mol. The lowest BCUT2D eigenvalue weighted by molar-refractivity contribution is 0.0996. The van der Waals surface area contributed by atoms with E-state index in [1.165, 1.54) is 30.3 Å². The number of nitriles is 1. The van der Waals surface area contributed by atoms with Gasteiger partial charge in [0.1, 0.15) is 18.2 Å². The van der Waals surface area contributed by atoms with Gasteiger partial charge in [-0.05, 0) is 35.9 Å². The summed E-state index contributed by atoms with van der Waals surface area (Å²) in [6.45, 7) is -0.0177. The number of hydrogen-bond acceptors (Lipinski definition) is 4. The van der Waals surface area contributed by atoms with Crippen LogP contribution >= 0.6 is 0 Å². The zero-order valence-electron chi connectivity index (χ0n) is 11.0. The van der Waals surface area contributed by atoms with Crippen LogP contribution in [0.2, 0.25) is 0 Å². The Hall–Kier alpha value is -3.07. The topological polar surface area (TPSA) is 102 Å². The number of carbonyl (C=O) groups excluding carboxylic acids is 1. The summed E-state index contributed by atoms with van der Waals surface area (Å²) in [6.07, 6.45) is 0. The number of amides is 1. The van der Waals surface area contributed by atoms with E-state index in [4.69, 9.17) is 21.5 Å². The summed E-state index contributed by atoms with van der Waals surface area (Å²) >= 11 is 0. The Kier molecular flexibility index (Phi) is 4.05. The third kappa shape index (κ3) is 3.48. The number of nitrogens with zero attached hydrogens (tertiary/aromatic N) is 1. The average molecular weight is 285 g/mol.